The summed E-state index contributed by atoms with van der Waals surface area (Å²) in [5.74, 6) is -0.661. The van der Waals surface area contributed by atoms with Gasteiger partial charge in [0.1, 0.15) is 24.4 Å². The highest BCUT2D eigenvalue weighted by Crippen LogP contribution is 2.40. The molecular formula is C9H14O5. The van der Waals surface area contributed by atoms with Gasteiger partial charge in [-0.3, -0.25) is 0 Å². The maximum Gasteiger partial charge on any atom is 0.190 e. The number of hydrogen-bond donors (Lipinski definition) is 1. The van der Waals surface area contributed by atoms with Crippen LogP contribution in [0.25, 0.3) is 0 Å². The molecule has 0 aliphatic carbocycles. The first-order valence-electron chi connectivity index (χ1n) is 4.88. The van der Waals surface area contributed by atoms with E-state index in [1.165, 1.54) is 0 Å². The molecule has 0 saturated carbocycles. The topological polar surface area (TPSA) is 60.5 Å². The Balaban J connectivity index is 1.74. The number of fused-ring (bicyclic) bond motifs is 1. The normalized spacial score (nSPS) is 54.6. The standard InChI is InChI=1S/C9H14O5/c1-9(2)13-7-5(10)6(4-3-11-4)12-8(7)14-9/h4-8,10H,3H2,1-2H3/t4-,5-,6-,7-,8-/m0/s1. The summed E-state index contributed by atoms with van der Waals surface area (Å²) < 4.78 is 21.7. The van der Waals surface area contributed by atoms with Crippen LogP contribution in [0.1, 0.15) is 13.8 Å². The molecule has 80 valence electrons. The Morgan fingerprint density at radius 1 is 1.21 bits per heavy atom. The van der Waals surface area contributed by atoms with Gasteiger partial charge in [-0.05, 0) is 13.8 Å². The molecule has 1 N–H and O–H groups in total. The molecule has 3 saturated heterocycles. The van der Waals surface area contributed by atoms with Crippen LogP contribution in [0.4, 0.5) is 0 Å². The fourth-order valence-corrected chi connectivity index (χ4v) is 2.07. The first kappa shape index (κ1) is 9.06. The maximum atomic E-state index is 9.89. The largest absolute Gasteiger partial charge is 0.387 e. The fourth-order valence-electron chi connectivity index (χ4n) is 2.07. The smallest absolute Gasteiger partial charge is 0.190 e. The van der Waals surface area contributed by atoms with Crippen LogP contribution in [-0.2, 0) is 18.9 Å². The predicted molar refractivity (Wildman–Crippen MR) is 44.4 cm³/mol. The van der Waals surface area contributed by atoms with Crippen molar-refractivity contribution in [3.63, 3.8) is 0 Å². The summed E-state index contributed by atoms with van der Waals surface area (Å²) in [5.41, 5.74) is 0. The van der Waals surface area contributed by atoms with E-state index < -0.39 is 18.2 Å². The second kappa shape index (κ2) is 2.68. The van der Waals surface area contributed by atoms with Crippen molar-refractivity contribution in [2.45, 2.75) is 50.3 Å². The number of aliphatic hydroxyl groups is 1. The summed E-state index contributed by atoms with van der Waals surface area (Å²) in [6.07, 6.45) is -1.74. The van der Waals surface area contributed by atoms with E-state index in [4.69, 9.17) is 18.9 Å². The average Bonchev–Trinajstić information content (AvgIpc) is 2.81. The van der Waals surface area contributed by atoms with Crippen molar-refractivity contribution >= 4 is 0 Å². The van der Waals surface area contributed by atoms with E-state index in [1.54, 1.807) is 0 Å². The van der Waals surface area contributed by atoms with Gasteiger partial charge in [-0.25, -0.2) is 0 Å². The monoisotopic (exact) mass is 202 g/mol. The molecule has 5 nitrogen and oxygen atoms in total. The zero-order chi connectivity index (χ0) is 9.92. The molecule has 5 atom stereocenters. The van der Waals surface area contributed by atoms with Crippen LogP contribution in [0.3, 0.4) is 0 Å². The van der Waals surface area contributed by atoms with Gasteiger partial charge in [0.15, 0.2) is 12.1 Å². The Morgan fingerprint density at radius 2 is 1.93 bits per heavy atom. The van der Waals surface area contributed by atoms with Crippen molar-refractivity contribution in [2.24, 2.45) is 0 Å². The lowest BCUT2D eigenvalue weighted by atomic mass is 10.1. The molecule has 3 heterocycles. The first-order valence-corrected chi connectivity index (χ1v) is 4.88. The molecule has 3 fully saturated rings. The van der Waals surface area contributed by atoms with Crippen LogP contribution in [0.5, 0.6) is 0 Å². The summed E-state index contributed by atoms with van der Waals surface area (Å²) in [7, 11) is 0. The Bertz CT molecular complexity index is 248. The summed E-state index contributed by atoms with van der Waals surface area (Å²) in [5, 5.41) is 9.89. The Labute approximate surface area is 81.9 Å². The SMILES string of the molecule is CC1(C)O[C@@H]2O[C@@H]([C@@H]3CO3)[C@H](O)[C@@H]2O1. The lowest BCUT2D eigenvalue weighted by Gasteiger charge is -2.21. The van der Waals surface area contributed by atoms with Crippen molar-refractivity contribution in [3.05, 3.63) is 0 Å². The fraction of sp³-hybridized carbons (Fsp3) is 1.00. The van der Waals surface area contributed by atoms with E-state index in [9.17, 15) is 5.11 Å². The lowest BCUT2D eigenvalue weighted by molar-refractivity contribution is -0.216. The predicted octanol–water partition coefficient (Wildman–Crippen LogP) is -0.378. The van der Waals surface area contributed by atoms with Crippen LogP contribution in [0.2, 0.25) is 0 Å². The number of rotatable bonds is 1. The van der Waals surface area contributed by atoms with Crippen LogP contribution < -0.4 is 0 Å². The second-order valence-corrected chi connectivity index (χ2v) is 4.43. The molecule has 3 aliphatic rings. The van der Waals surface area contributed by atoms with Crippen molar-refractivity contribution in [1.29, 1.82) is 0 Å². The van der Waals surface area contributed by atoms with Crippen LogP contribution in [0.15, 0.2) is 0 Å². The molecule has 0 aromatic carbocycles. The van der Waals surface area contributed by atoms with E-state index in [0.29, 0.717) is 6.61 Å². The molecule has 14 heavy (non-hydrogen) atoms. The molecule has 3 aliphatic heterocycles. The van der Waals surface area contributed by atoms with E-state index in [2.05, 4.69) is 0 Å². The van der Waals surface area contributed by atoms with Gasteiger partial charge in [0.25, 0.3) is 0 Å². The van der Waals surface area contributed by atoms with Gasteiger partial charge in [-0.15, -0.1) is 0 Å². The molecule has 0 unspecified atom stereocenters. The van der Waals surface area contributed by atoms with E-state index in [1.807, 2.05) is 13.8 Å². The third kappa shape index (κ3) is 1.28. The summed E-state index contributed by atoms with van der Waals surface area (Å²) >= 11 is 0. The third-order valence-corrected chi connectivity index (χ3v) is 2.78. The number of hydrogen-bond acceptors (Lipinski definition) is 5. The van der Waals surface area contributed by atoms with Crippen molar-refractivity contribution in [1.82, 2.24) is 0 Å². The lowest BCUT2D eigenvalue weighted by Crippen LogP contribution is -2.37. The van der Waals surface area contributed by atoms with E-state index >= 15 is 0 Å². The van der Waals surface area contributed by atoms with Crippen LogP contribution in [0, 0.1) is 0 Å². The Morgan fingerprint density at radius 3 is 2.50 bits per heavy atom. The van der Waals surface area contributed by atoms with E-state index in [-0.39, 0.29) is 18.3 Å². The third-order valence-electron chi connectivity index (χ3n) is 2.78. The summed E-state index contributed by atoms with van der Waals surface area (Å²) in [6, 6.07) is 0. The zero-order valence-corrected chi connectivity index (χ0v) is 8.17. The van der Waals surface area contributed by atoms with Crippen LogP contribution >= 0.6 is 0 Å². The molecule has 0 spiro atoms. The minimum atomic E-state index is -0.661. The van der Waals surface area contributed by atoms with Gasteiger partial charge in [0, 0.05) is 0 Å². The molecular weight excluding hydrogens is 188 g/mol. The Kier molecular flexibility index (Phi) is 1.73. The Hall–Kier alpha value is -0.200. The highest BCUT2D eigenvalue weighted by Gasteiger charge is 2.58. The molecule has 0 amide bonds. The minimum Gasteiger partial charge on any atom is -0.387 e. The number of ether oxygens (including phenoxy) is 4. The zero-order valence-electron chi connectivity index (χ0n) is 8.17. The van der Waals surface area contributed by atoms with Gasteiger partial charge in [-0.2, -0.15) is 0 Å². The summed E-state index contributed by atoms with van der Waals surface area (Å²) in [4.78, 5) is 0. The van der Waals surface area contributed by atoms with Crippen molar-refractivity contribution in [3.8, 4) is 0 Å². The molecule has 5 heteroatoms. The summed E-state index contributed by atoms with van der Waals surface area (Å²) in [6.45, 7) is 4.28. The van der Waals surface area contributed by atoms with Gasteiger partial charge < -0.3 is 24.1 Å². The number of aliphatic hydroxyl groups excluding tert-OH is 1. The highest BCUT2D eigenvalue weighted by molar-refractivity contribution is 4.98. The maximum absolute atomic E-state index is 9.89. The van der Waals surface area contributed by atoms with Gasteiger partial charge in [-0.1, -0.05) is 0 Å². The molecule has 0 bridgehead atoms. The number of epoxide rings is 1. The minimum absolute atomic E-state index is 0.0194. The average molecular weight is 202 g/mol. The quantitative estimate of drug-likeness (QED) is 0.587. The molecule has 0 radical (unpaired) electrons. The first-order chi connectivity index (χ1) is 6.57. The second-order valence-electron chi connectivity index (χ2n) is 4.43. The molecule has 0 aromatic rings. The van der Waals surface area contributed by atoms with Crippen LogP contribution in [-0.4, -0.2) is 48.2 Å². The van der Waals surface area contributed by atoms with Gasteiger partial charge in [0.05, 0.1) is 6.61 Å². The highest BCUT2D eigenvalue weighted by atomic mass is 16.8. The van der Waals surface area contributed by atoms with E-state index in [0.717, 1.165) is 0 Å². The van der Waals surface area contributed by atoms with Gasteiger partial charge >= 0.3 is 0 Å². The van der Waals surface area contributed by atoms with Crippen molar-refractivity contribution < 1.29 is 24.1 Å². The van der Waals surface area contributed by atoms with Crippen molar-refractivity contribution in [2.75, 3.05) is 6.61 Å². The van der Waals surface area contributed by atoms with Gasteiger partial charge in [0.2, 0.25) is 0 Å². The molecule has 0 aromatic heterocycles. The molecule has 3 rings (SSSR count).